The van der Waals surface area contributed by atoms with Gasteiger partial charge in [0.05, 0.1) is 12.2 Å². The largest absolute Gasteiger partial charge is 0.340 e. The van der Waals surface area contributed by atoms with E-state index in [-0.39, 0.29) is 24.1 Å². The molecular weight excluding hydrogens is 339 g/mol. The van der Waals surface area contributed by atoms with Crippen LogP contribution in [-0.2, 0) is 11.3 Å². The first-order valence-corrected chi connectivity index (χ1v) is 9.00. The van der Waals surface area contributed by atoms with E-state index < -0.39 is 0 Å². The van der Waals surface area contributed by atoms with Crippen molar-refractivity contribution in [3.8, 4) is 0 Å². The maximum atomic E-state index is 14.4. The zero-order chi connectivity index (χ0) is 19.2. The minimum atomic E-state index is -0.327. The molecule has 2 aromatic carbocycles. The second-order valence-electron chi connectivity index (χ2n) is 6.71. The summed E-state index contributed by atoms with van der Waals surface area (Å²) in [5.74, 6) is -0.660. The number of benzene rings is 2. The molecule has 0 N–H and O–H groups in total. The van der Waals surface area contributed by atoms with E-state index in [2.05, 4.69) is 4.98 Å². The van der Waals surface area contributed by atoms with E-state index in [1.165, 1.54) is 6.07 Å². The van der Waals surface area contributed by atoms with E-state index >= 15 is 0 Å². The van der Waals surface area contributed by atoms with Crippen LogP contribution in [0.1, 0.15) is 34.7 Å². The standard InChI is InChI=1S/C23H23FN2O/c1-17-9-8-14-25-22(17)16-26(2)23(27)15-20(18-10-4-3-5-11-18)19-12-6-7-13-21(19)24/h3-14,20H,15-16H2,1-2H3/t20-/m0/s1. The minimum Gasteiger partial charge on any atom is -0.340 e. The van der Waals surface area contributed by atoms with E-state index in [0.29, 0.717) is 12.1 Å². The van der Waals surface area contributed by atoms with Gasteiger partial charge in [-0.25, -0.2) is 4.39 Å². The third kappa shape index (κ3) is 4.59. The van der Waals surface area contributed by atoms with Gasteiger partial charge in [-0.15, -0.1) is 0 Å². The fourth-order valence-corrected chi connectivity index (χ4v) is 3.18. The Morgan fingerprint density at radius 2 is 1.74 bits per heavy atom. The van der Waals surface area contributed by atoms with Gasteiger partial charge >= 0.3 is 0 Å². The maximum Gasteiger partial charge on any atom is 0.223 e. The number of amides is 1. The molecule has 138 valence electrons. The summed E-state index contributed by atoms with van der Waals surface area (Å²) in [6.07, 6.45) is 1.93. The normalized spacial score (nSPS) is 11.8. The molecule has 0 bridgehead atoms. The van der Waals surface area contributed by atoms with Gasteiger partial charge in [-0.3, -0.25) is 9.78 Å². The highest BCUT2D eigenvalue weighted by Gasteiger charge is 2.23. The van der Waals surface area contributed by atoms with Crippen molar-refractivity contribution in [1.82, 2.24) is 9.88 Å². The average molecular weight is 362 g/mol. The van der Waals surface area contributed by atoms with Gasteiger partial charge in [0.15, 0.2) is 0 Å². The van der Waals surface area contributed by atoms with Gasteiger partial charge in [-0.05, 0) is 35.7 Å². The van der Waals surface area contributed by atoms with Crippen molar-refractivity contribution in [2.45, 2.75) is 25.8 Å². The lowest BCUT2D eigenvalue weighted by Crippen LogP contribution is -2.28. The molecule has 1 amide bonds. The van der Waals surface area contributed by atoms with E-state index in [1.54, 1.807) is 36.3 Å². The molecule has 3 aromatic rings. The van der Waals surface area contributed by atoms with Gasteiger partial charge in [-0.2, -0.15) is 0 Å². The number of rotatable bonds is 6. The van der Waals surface area contributed by atoms with Crippen LogP contribution in [0.4, 0.5) is 4.39 Å². The summed E-state index contributed by atoms with van der Waals surface area (Å²) >= 11 is 0. The van der Waals surface area contributed by atoms with E-state index in [0.717, 1.165) is 16.8 Å². The summed E-state index contributed by atoms with van der Waals surface area (Å²) in [4.78, 5) is 18.9. The summed E-state index contributed by atoms with van der Waals surface area (Å²) < 4.78 is 14.4. The van der Waals surface area contributed by atoms with Crippen LogP contribution in [0.25, 0.3) is 0 Å². The van der Waals surface area contributed by atoms with Crippen molar-refractivity contribution in [2.75, 3.05) is 7.05 Å². The molecule has 0 saturated carbocycles. The predicted molar refractivity (Wildman–Crippen MR) is 105 cm³/mol. The molecule has 0 spiro atoms. The Morgan fingerprint density at radius 1 is 1.04 bits per heavy atom. The van der Waals surface area contributed by atoms with Crippen molar-refractivity contribution in [2.24, 2.45) is 0 Å². The van der Waals surface area contributed by atoms with Gasteiger partial charge < -0.3 is 4.90 Å². The Labute approximate surface area is 159 Å². The first-order valence-electron chi connectivity index (χ1n) is 9.00. The van der Waals surface area contributed by atoms with Crippen LogP contribution in [-0.4, -0.2) is 22.8 Å². The molecule has 0 aliphatic heterocycles. The molecular formula is C23H23FN2O. The van der Waals surface area contributed by atoms with E-state index in [4.69, 9.17) is 0 Å². The fourth-order valence-electron chi connectivity index (χ4n) is 3.18. The lowest BCUT2D eigenvalue weighted by atomic mass is 9.87. The first-order chi connectivity index (χ1) is 13.1. The van der Waals surface area contributed by atoms with Crippen molar-refractivity contribution in [3.63, 3.8) is 0 Å². The van der Waals surface area contributed by atoms with Crippen molar-refractivity contribution in [1.29, 1.82) is 0 Å². The highest BCUT2D eigenvalue weighted by molar-refractivity contribution is 5.77. The van der Waals surface area contributed by atoms with Crippen LogP contribution >= 0.6 is 0 Å². The number of hydrogen-bond donors (Lipinski definition) is 0. The quantitative estimate of drug-likeness (QED) is 0.636. The summed E-state index contributed by atoms with van der Waals surface area (Å²) in [5, 5.41) is 0. The SMILES string of the molecule is Cc1cccnc1CN(C)C(=O)C[C@@H](c1ccccc1)c1ccccc1F. The van der Waals surface area contributed by atoms with E-state index in [9.17, 15) is 9.18 Å². The average Bonchev–Trinajstić information content (AvgIpc) is 2.69. The van der Waals surface area contributed by atoms with Crippen LogP contribution in [0.2, 0.25) is 0 Å². The second kappa shape index (κ2) is 8.58. The number of carbonyl (C=O) groups is 1. The summed E-state index contributed by atoms with van der Waals surface area (Å²) in [6.45, 7) is 2.41. The number of nitrogens with zero attached hydrogens (tertiary/aromatic N) is 2. The van der Waals surface area contributed by atoms with Crippen molar-refractivity contribution < 1.29 is 9.18 Å². The van der Waals surface area contributed by atoms with Crippen LogP contribution in [0.15, 0.2) is 72.9 Å². The highest BCUT2D eigenvalue weighted by Crippen LogP contribution is 2.30. The van der Waals surface area contributed by atoms with Crippen LogP contribution < -0.4 is 0 Å². The molecule has 0 saturated heterocycles. The number of carbonyl (C=O) groups excluding carboxylic acids is 1. The number of halogens is 1. The fraction of sp³-hybridized carbons (Fsp3) is 0.217. The molecule has 1 heterocycles. The van der Waals surface area contributed by atoms with Gasteiger partial charge in [-0.1, -0.05) is 54.6 Å². The smallest absolute Gasteiger partial charge is 0.223 e. The predicted octanol–water partition coefficient (Wildman–Crippen LogP) is 4.71. The Hall–Kier alpha value is -3.01. The molecule has 4 heteroatoms. The summed E-state index contributed by atoms with van der Waals surface area (Å²) in [5.41, 5.74) is 3.39. The van der Waals surface area contributed by atoms with Gasteiger partial charge in [0, 0.05) is 25.6 Å². The Morgan fingerprint density at radius 3 is 2.44 bits per heavy atom. The van der Waals surface area contributed by atoms with E-state index in [1.807, 2.05) is 49.4 Å². The third-order valence-corrected chi connectivity index (χ3v) is 4.79. The van der Waals surface area contributed by atoms with Gasteiger partial charge in [0.25, 0.3) is 0 Å². The second-order valence-corrected chi connectivity index (χ2v) is 6.71. The summed E-state index contributed by atoms with van der Waals surface area (Å²) in [7, 11) is 1.76. The van der Waals surface area contributed by atoms with Crippen molar-refractivity contribution >= 4 is 5.91 Å². The molecule has 0 aliphatic rings. The molecule has 0 unspecified atom stereocenters. The molecule has 3 rings (SSSR count). The monoisotopic (exact) mass is 362 g/mol. The number of hydrogen-bond acceptors (Lipinski definition) is 2. The molecule has 1 atom stereocenters. The van der Waals surface area contributed by atoms with Crippen LogP contribution in [0, 0.1) is 12.7 Å². The Bertz CT molecular complexity index is 911. The van der Waals surface area contributed by atoms with Gasteiger partial charge in [0.1, 0.15) is 5.82 Å². The Balaban J connectivity index is 1.83. The Kier molecular flexibility index (Phi) is 5.97. The molecule has 0 radical (unpaired) electrons. The first kappa shape index (κ1) is 18.8. The lowest BCUT2D eigenvalue weighted by molar-refractivity contribution is -0.130. The zero-order valence-electron chi connectivity index (χ0n) is 15.6. The lowest BCUT2D eigenvalue weighted by Gasteiger charge is -2.23. The molecule has 0 aliphatic carbocycles. The zero-order valence-corrected chi connectivity index (χ0v) is 15.6. The van der Waals surface area contributed by atoms with Gasteiger partial charge in [0.2, 0.25) is 5.91 Å². The number of aryl methyl sites for hydroxylation is 1. The van der Waals surface area contributed by atoms with Crippen molar-refractivity contribution in [3.05, 3.63) is 101 Å². The topological polar surface area (TPSA) is 33.2 Å². The van der Waals surface area contributed by atoms with Crippen LogP contribution in [0.3, 0.4) is 0 Å². The third-order valence-electron chi connectivity index (χ3n) is 4.79. The molecule has 1 aromatic heterocycles. The summed E-state index contributed by atoms with van der Waals surface area (Å²) in [6, 6.07) is 20.1. The number of aromatic nitrogens is 1. The highest BCUT2D eigenvalue weighted by atomic mass is 19.1. The van der Waals surface area contributed by atoms with Crippen LogP contribution in [0.5, 0.6) is 0 Å². The number of pyridine rings is 1. The molecule has 0 fully saturated rings. The minimum absolute atomic E-state index is 0.0443. The molecule has 27 heavy (non-hydrogen) atoms. The maximum absolute atomic E-state index is 14.4. The molecule has 3 nitrogen and oxygen atoms in total.